The monoisotopic (exact) mass is 259 g/mol. The number of nitro groups is 1. The first kappa shape index (κ1) is 12.2. The van der Waals surface area contributed by atoms with Gasteiger partial charge in [-0.3, -0.25) is 14.9 Å². The van der Waals surface area contributed by atoms with Crippen LogP contribution in [0.3, 0.4) is 0 Å². The molecule has 0 atom stereocenters. The first-order valence-electron chi connectivity index (χ1n) is 5.18. The summed E-state index contributed by atoms with van der Waals surface area (Å²) in [4.78, 5) is 23.1. The third-order valence-electron chi connectivity index (χ3n) is 2.31. The Balaban J connectivity index is 2.27. The van der Waals surface area contributed by atoms with Crippen LogP contribution in [-0.2, 0) is 0 Å². The molecule has 5 heteroatoms. The summed E-state index contributed by atoms with van der Waals surface area (Å²) in [6, 6.07) is 9.68. The van der Waals surface area contributed by atoms with Gasteiger partial charge in [-0.2, -0.15) is 0 Å². The Morgan fingerprint density at radius 3 is 2.67 bits per heavy atom. The number of para-hydroxylation sites is 1. The molecule has 0 aliphatic rings. The van der Waals surface area contributed by atoms with E-state index in [0.717, 1.165) is 4.88 Å². The van der Waals surface area contributed by atoms with Crippen molar-refractivity contribution in [2.45, 2.75) is 0 Å². The Bertz CT molecular complexity index is 602. The van der Waals surface area contributed by atoms with Crippen molar-refractivity contribution >= 4 is 28.9 Å². The first-order chi connectivity index (χ1) is 8.68. The van der Waals surface area contributed by atoms with Gasteiger partial charge in [-0.05, 0) is 29.7 Å². The molecule has 2 rings (SSSR count). The molecule has 90 valence electrons. The number of benzene rings is 1. The molecule has 1 heterocycles. The molecular weight excluding hydrogens is 250 g/mol. The van der Waals surface area contributed by atoms with Gasteiger partial charge in [0.05, 0.1) is 10.5 Å². The summed E-state index contributed by atoms with van der Waals surface area (Å²) in [7, 11) is 0. The standard InChI is InChI=1S/C13H9NO3S/c15-13(8-7-10-4-3-9-18-10)11-5-1-2-6-12(11)14(16)17/h1-9H. The number of nitro benzene ring substituents is 1. The van der Waals surface area contributed by atoms with E-state index >= 15 is 0 Å². The Labute approximate surface area is 107 Å². The zero-order valence-corrected chi connectivity index (χ0v) is 10.1. The van der Waals surface area contributed by atoms with Gasteiger partial charge in [-0.15, -0.1) is 11.3 Å². The molecule has 0 saturated carbocycles. The lowest BCUT2D eigenvalue weighted by atomic mass is 10.1. The predicted octanol–water partition coefficient (Wildman–Crippen LogP) is 3.55. The topological polar surface area (TPSA) is 60.2 Å². The van der Waals surface area contributed by atoms with Crippen LogP contribution >= 0.6 is 11.3 Å². The molecule has 18 heavy (non-hydrogen) atoms. The van der Waals surface area contributed by atoms with Crippen LogP contribution in [0.25, 0.3) is 6.08 Å². The van der Waals surface area contributed by atoms with Crippen LogP contribution in [0.15, 0.2) is 47.9 Å². The zero-order chi connectivity index (χ0) is 13.0. The SMILES string of the molecule is O=C(C=Cc1cccs1)c1ccccc1[N+](=O)[O-]. The van der Waals surface area contributed by atoms with E-state index in [1.165, 1.54) is 35.6 Å². The minimum atomic E-state index is -0.549. The van der Waals surface area contributed by atoms with Gasteiger partial charge in [0.1, 0.15) is 0 Å². The molecule has 0 bridgehead atoms. The van der Waals surface area contributed by atoms with Crippen LogP contribution in [-0.4, -0.2) is 10.7 Å². The van der Waals surface area contributed by atoms with Gasteiger partial charge < -0.3 is 0 Å². The van der Waals surface area contributed by atoms with E-state index in [4.69, 9.17) is 0 Å². The van der Waals surface area contributed by atoms with Crippen molar-refractivity contribution in [3.8, 4) is 0 Å². The molecule has 0 fully saturated rings. The second-order valence-corrected chi connectivity index (χ2v) is 4.47. The maximum Gasteiger partial charge on any atom is 0.280 e. The lowest BCUT2D eigenvalue weighted by molar-refractivity contribution is -0.385. The number of hydrogen-bond donors (Lipinski definition) is 0. The number of thiophene rings is 1. The van der Waals surface area contributed by atoms with Crippen LogP contribution in [0.4, 0.5) is 5.69 Å². The fourth-order valence-electron chi connectivity index (χ4n) is 1.47. The van der Waals surface area contributed by atoms with Crippen molar-refractivity contribution in [2.24, 2.45) is 0 Å². The third-order valence-corrected chi connectivity index (χ3v) is 3.15. The summed E-state index contributed by atoms with van der Waals surface area (Å²) in [5.74, 6) is -0.365. The number of carbonyl (C=O) groups is 1. The summed E-state index contributed by atoms with van der Waals surface area (Å²) in [6.45, 7) is 0. The van der Waals surface area contributed by atoms with E-state index < -0.39 is 4.92 Å². The number of hydrogen-bond acceptors (Lipinski definition) is 4. The van der Waals surface area contributed by atoms with Crippen molar-refractivity contribution in [1.82, 2.24) is 0 Å². The smallest absolute Gasteiger partial charge is 0.280 e. The molecule has 0 N–H and O–H groups in total. The van der Waals surface area contributed by atoms with Crippen molar-refractivity contribution in [3.05, 3.63) is 68.4 Å². The second kappa shape index (κ2) is 5.37. The Morgan fingerprint density at radius 1 is 1.22 bits per heavy atom. The normalized spacial score (nSPS) is 10.7. The minimum Gasteiger partial charge on any atom is -0.289 e. The van der Waals surface area contributed by atoms with E-state index in [1.807, 2.05) is 17.5 Å². The average Bonchev–Trinajstić information content (AvgIpc) is 2.89. The van der Waals surface area contributed by atoms with Crippen LogP contribution in [0.5, 0.6) is 0 Å². The molecule has 2 aromatic rings. The van der Waals surface area contributed by atoms with Gasteiger partial charge in [0, 0.05) is 10.9 Å². The van der Waals surface area contributed by atoms with E-state index in [9.17, 15) is 14.9 Å². The zero-order valence-electron chi connectivity index (χ0n) is 9.28. The molecule has 1 aromatic carbocycles. The molecule has 0 aliphatic heterocycles. The lowest BCUT2D eigenvalue weighted by Crippen LogP contribution is -2.00. The van der Waals surface area contributed by atoms with Crippen LogP contribution < -0.4 is 0 Å². The average molecular weight is 259 g/mol. The summed E-state index contributed by atoms with van der Waals surface area (Å²) in [5, 5.41) is 12.7. The summed E-state index contributed by atoms with van der Waals surface area (Å²) >= 11 is 1.50. The second-order valence-electron chi connectivity index (χ2n) is 3.49. The molecule has 0 saturated heterocycles. The Hall–Kier alpha value is -2.27. The van der Waals surface area contributed by atoms with Crippen molar-refractivity contribution in [3.63, 3.8) is 0 Å². The number of rotatable bonds is 4. The molecular formula is C13H9NO3S. The molecule has 0 aliphatic carbocycles. The van der Waals surface area contributed by atoms with Gasteiger partial charge in [0.2, 0.25) is 0 Å². The number of allylic oxidation sites excluding steroid dienone is 1. The molecule has 0 spiro atoms. The quantitative estimate of drug-likeness (QED) is 0.365. The Morgan fingerprint density at radius 2 is 2.00 bits per heavy atom. The summed E-state index contributed by atoms with van der Waals surface area (Å²) in [5.41, 5.74) is -0.0614. The molecule has 1 aromatic heterocycles. The maximum absolute atomic E-state index is 11.9. The molecule has 4 nitrogen and oxygen atoms in total. The highest BCUT2D eigenvalue weighted by atomic mass is 32.1. The van der Waals surface area contributed by atoms with E-state index in [-0.39, 0.29) is 17.0 Å². The molecule has 0 unspecified atom stereocenters. The van der Waals surface area contributed by atoms with Gasteiger partial charge in [-0.25, -0.2) is 0 Å². The number of nitrogens with zero attached hydrogens (tertiary/aromatic N) is 1. The van der Waals surface area contributed by atoms with E-state index in [2.05, 4.69) is 0 Å². The van der Waals surface area contributed by atoms with Crippen molar-refractivity contribution < 1.29 is 9.72 Å². The van der Waals surface area contributed by atoms with Gasteiger partial charge in [0.25, 0.3) is 5.69 Å². The van der Waals surface area contributed by atoms with Gasteiger partial charge in [-0.1, -0.05) is 18.2 Å². The highest BCUT2D eigenvalue weighted by Crippen LogP contribution is 2.19. The number of carbonyl (C=O) groups excluding carboxylic acids is 1. The molecule has 0 radical (unpaired) electrons. The van der Waals surface area contributed by atoms with Crippen LogP contribution in [0, 0.1) is 10.1 Å². The fourth-order valence-corrected chi connectivity index (χ4v) is 2.09. The Kier molecular flexibility index (Phi) is 3.64. The fraction of sp³-hybridized carbons (Fsp3) is 0. The largest absolute Gasteiger partial charge is 0.289 e. The maximum atomic E-state index is 11.9. The highest BCUT2D eigenvalue weighted by Gasteiger charge is 2.16. The van der Waals surface area contributed by atoms with Crippen LogP contribution in [0.2, 0.25) is 0 Å². The highest BCUT2D eigenvalue weighted by molar-refractivity contribution is 7.10. The van der Waals surface area contributed by atoms with Gasteiger partial charge in [0.15, 0.2) is 5.78 Å². The molecule has 0 amide bonds. The summed E-state index contributed by atoms with van der Waals surface area (Å²) < 4.78 is 0. The van der Waals surface area contributed by atoms with E-state index in [1.54, 1.807) is 12.1 Å². The van der Waals surface area contributed by atoms with Crippen molar-refractivity contribution in [1.29, 1.82) is 0 Å². The van der Waals surface area contributed by atoms with E-state index in [0.29, 0.717) is 0 Å². The van der Waals surface area contributed by atoms with Crippen LogP contribution in [0.1, 0.15) is 15.2 Å². The number of ketones is 1. The lowest BCUT2D eigenvalue weighted by Gasteiger charge is -1.97. The summed E-state index contributed by atoms with van der Waals surface area (Å²) in [6.07, 6.45) is 3.01. The predicted molar refractivity (Wildman–Crippen MR) is 70.8 cm³/mol. The third kappa shape index (κ3) is 2.70. The van der Waals surface area contributed by atoms with Crippen molar-refractivity contribution in [2.75, 3.05) is 0 Å². The first-order valence-corrected chi connectivity index (χ1v) is 6.06. The minimum absolute atomic E-state index is 0.107. The van der Waals surface area contributed by atoms with Gasteiger partial charge >= 0.3 is 0 Å².